The molecule has 1 fully saturated rings. The normalized spacial score (nSPS) is 18.1. The molecule has 1 atom stereocenters. The molecule has 1 saturated heterocycles. The molecule has 26 heavy (non-hydrogen) atoms. The number of carbonyl (C=O) groups excluding carboxylic acids is 2. The molecule has 1 aliphatic rings. The van der Waals surface area contributed by atoms with Crippen LogP contribution in [0, 0.1) is 11.7 Å². The van der Waals surface area contributed by atoms with Crippen molar-refractivity contribution in [2.24, 2.45) is 11.7 Å². The second-order valence-electron chi connectivity index (χ2n) is 6.74. The number of piperidine rings is 1. The van der Waals surface area contributed by atoms with Crippen LogP contribution in [-0.2, 0) is 16.0 Å². The fraction of sp³-hybridized carbons (Fsp3) is 0.500. The average molecular weight is 361 g/mol. The molecule has 0 radical (unpaired) electrons. The Morgan fingerprint density at radius 3 is 3.08 bits per heavy atom. The van der Waals surface area contributed by atoms with Gasteiger partial charge in [-0.1, -0.05) is 0 Å². The Morgan fingerprint density at radius 2 is 2.27 bits per heavy atom. The summed E-state index contributed by atoms with van der Waals surface area (Å²) in [6.07, 6.45) is 2.58. The quantitative estimate of drug-likeness (QED) is 0.683. The SMILES string of the molecule is NC(=O)[C@H]1CCCN(CCNC(=O)CCc2nc3ccc(F)cc3[nH]2)C1. The van der Waals surface area contributed by atoms with Crippen LogP contribution in [0.4, 0.5) is 4.39 Å². The topological polar surface area (TPSA) is 104 Å². The first-order valence-corrected chi connectivity index (χ1v) is 8.94. The van der Waals surface area contributed by atoms with Crippen LogP contribution < -0.4 is 11.1 Å². The fourth-order valence-corrected chi connectivity index (χ4v) is 3.32. The largest absolute Gasteiger partial charge is 0.369 e. The molecule has 0 unspecified atom stereocenters. The van der Waals surface area contributed by atoms with E-state index in [4.69, 9.17) is 5.73 Å². The van der Waals surface area contributed by atoms with Gasteiger partial charge in [0.2, 0.25) is 11.8 Å². The molecule has 2 heterocycles. The number of hydrogen-bond donors (Lipinski definition) is 3. The summed E-state index contributed by atoms with van der Waals surface area (Å²) < 4.78 is 13.2. The van der Waals surface area contributed by atoms with E-state index in [9.17, 15) is 14.0 Å². The van der Waals surface area contributed by atoms with Crippen LogP contribution in [0.15, 0.2) is 18.2 Å². The van der Waals surface area contributed by atoms with Gasteiger partial charge in [-0.3, -0.25) is 9.59 Å². The molecular weight excluding hydrogens is 337 g/mol. The number of aromatic nitrogens is 2. The molecule has 2 amide bonds. The smallest absolute Gasteiger partial charge is 0.221 e. The summed E-state index contributed by atoms with van der Waals surface area (Å²) in [6, 6.07) is 4.37. The molecule has 0 saturated carbocycles. The van der Waals surface area contributed by atoms with Gasteiger partial charge in [-0.2, -0.15) is 0 Å². The van der Waals surface area contributed by atoms with Gasteiger partial charge in [-0.15, -0.1) is 0 Å². The van der Waals surface area contributed by atoms with E-state index in [-0.39, 0.29) is 23.5 Å². The average Bonchev–Trinajstić information content (AvgIpc) is 3.02. The second kappa shape index (κ2) is 8.27. The van der Waals surface area contributed by atoms with Crippen LogP contribution in [0.1, 0.15) is 25.1 Å². The second-order valence-corrected chi connectivity index (χ2v) is 6.74. The summed E-state index contributed by atoms with van der Waals surface area (Å²) in [5.74, 6) is -0.0373. The molecule has 2 aromatic rings. The first-order valence-electron chi connectivity index (χ1n) is 8.94. The van der Waals surface area contributed by atoms with Crippen molar-refractivity contribution >= 4 is 22.8 Å². The Labute approximate surface area is 151 Å². The number of rotatable bonds is 7. The van der Waals surface area contributed by atoms with Crippen LogP contribution in [0.2, 0.25) is 0 Å². The summed E-state index contributed by atoms with van der Waals surface area (Å²) in [5.41, 5.74) is 6.70. The zero-order chi connectivity index (χ0) is 18.5. The number of amides is 2. The molecule has 7 nitrogen and oxygen atoms in total. The van der Waals surface area contributed by atoms with Crippen molar-refractivity contribution in [2.45, 2.75) is 25.7 Å². The first-order chi connectivity index (χ1) is 12.5. The van der Waals surface area contributed by atoms with Gasteiger partial charge in [0.1, 0.15) is 11.6 Å². The molecule has 1 aromatic heterocycles. The number of benzene rings is 1. The lowest BCUT2D eigenvalue weighted by Gasteiger charge is -2.31. The molecule has 8 heteroatoms. The highest BCUT2D eigenvalue weighted by Crippen LogP contribution is 2.15. The Kier molecular flexibility index (Phi) is 5.82. The predicted molar refractivity (Wildman–Crippen MR) is 95.7 cm³/mol. The number of halogens is 1. The number of likely N-dealkylation sites (tertiary alicyclic amines) is 1. The Bertz CT molecular complexity index is 791. The van der Waals surface area contributed by atoms with Crippen molar-refractivity contribution in [3.63, 3.8) is 0 Å². The highest BCUT2D eigenvalue weighted by molar-refractivity contribution is 5.77. The maximum atomic E-state index is 13.2. The summed E-state index contributed by atoms with van der Waals surface area (Å²) in [4.78, 5) is 32.8. The highest BCUT2D eigenvalue weighted by Gasteiger charge is 2.23. The third-order valence-corrected chi connectivity index (χ3v) is 4.74. The van der Waals surface area contributed by atoms with Crippen molar-refractivity contribution in [1.82, 2.24) is 20.2 Å². The minimum atomic E-state index is -0.318. The van der Waals surface area contributed by atoms with Crippen molar-refractivity contribution in [3.05, 3.63) is 29.8 Å². The summed E-state index contributed by atoms with van der Waals surface area (Å²) in [6.45, 7) is 2.84. The first kappa shape index (κ1) is 18.3. The predicted octanol–water partition coefficient (Wildman–Crippen LogP) is 0.948. The van der Waals surface area contributed by atoms with Gasteiger partial charge in [-0.25, -0.2) is 9.37 Å². The number of primary amides is 1. The van der Waals surface area contributed by atoms with Crippen LogP contribution in [0.25, 0.3) is 11.0 Å². The lowest BCUT2D eigenvalue weighted by atomic mass is 9.97. The monoisotopic (exact) mass is 361 g/mol. The number of hydrogen-bond acceptors (Lipinski definition) is 4. The zero-order valence-electron chi connectivity index (χ0n) is 14.6. The molecule has 0 bridgehead atoms. The van der Waals surface area contributed by atoms with Crippen LogP contribution in [0.3, 0.4) is 0 Å². The molecular formula is C18H24FN5O2. The number of H-pyrrole nitrogens is 1. The van der Waals surface area contributed by atoms with E-state index < -0.39 is 0 Å². The van der Waals surface area contributed by atoms with E-state index in [2.05, 4.69) is 20.2 Å². The number of fused-ring (bicyclic) bond motifs is 1. The molecule has 0 spiro atoms. The highest BCUT2D eigenvalue weighted by atomic mass is 19.1. The van der Waals surface area contributed by atoms with Crippen LogP contribution in [-0.4, -0.2) is 52.9 Å². The molecule has 1 aromatic carbocycles. The van der Waals surface area contributed by atoms with Crippen molar-refractivity contribution < 1.29 is 14.0 Å². The van der Waals surface area contributed by atoms with Gasteiger partial charge < -0.3 is 20.9 Å². The van der Waals surface area contributed by atoms with Gasteiger partial charge in [0.05, 0.1) is 17.0 Å². The molecule has 4 N–H and O–H groups in total. The number of nitrogens with two attached hydrogens (primary N) is 1. The van der Waals surface area contributed by atoms with E-state index in [1.54, 1.807) is 6.07 Å². The standard InChI is InChI=1S/C18H24FN5O2/c19-13-3-4-14-15(10-13)23-16(22-14)5-6-17(25)21-7-9-24-8-1-2-12(11-24)18(20)26/h3-4,10,12H,1-2,5-9,11H2,(H2,20,26)(H,21,25)(H,22,23)/t12-/m0/s1. The van der Waals surface area contributed by atoms with E-state index >= 15 is 0 Å². The van der Waals surface area contributed by atoms with E-state index in [0.29, 0.717) is 49.3 Å². The third-order valence-electron chi connectivity index (χ3n) is 4.74. The number of aromatic amines is 1. The van der Waals surface area contributed by atoms with Crippen LogP contribution in [0.5, 0.6) is 0 Å². The molecule has 3 rings (SSSR count). The number of nitrogens with zero attached hydrogens (tertiary/aromatic N) is 2. The lowest BCUT2D eigenvalue weighted by Crippen LogP contribution is -2.44. The fourth-order valence-electron chi connectivity index (χ4n) is 3.32. The Morgan fingerprint density at radius 1 is 1.42 bits per heavy atom. The van der Waals surface area contributed by atoms with Crippen molar-refractivity contribution in [3.8, 4) is 0 Å². The molecule has 140 valence electrons. The van der Waals surface area contributed by atoms with Crippen molar-refractivity contribution in [1.29, 1.82) is 0 Å². The van der Waals surface area contributed by atoms with Crippen molar-refractivity contribution in [2.75, 3.05) is 26.2 Å². The Hall–Kier alpha value is -2.48. The summed E-state index contributed by atoms with van der Waals surface area (Å²) in [5, 5.41) is 2.89. The Balaban J connectivity index is 1.39. The summed E-state index contributed by atoms with van der Waals surface area (Å²) in [7, 11) is 0. The minimum Gasteiger partial charge on any atom is -0.369 e. The minimum absolute atomic E-state index is 0.0555. The molecule has 0 aliphatic carbocycles. The lowest BCUT2D eigenvalue weighted by molar-refractivity contribution is -0.124. The molecule has 1 aliphatic heterocycles. The number of carbonyl (C=O) groups is 2. The van der Waals surface area contributed by atoms with Crippen LogP contribution >= 0.6 is 0 Å². The van der Waals surface area contributed by atoms with E-state index in [0.717, 1.165) is 19.4 Å². The van der Waals surface area contributed by atoms with Gasteiger partial charge in [0, 0.05) is 32.5 Å². The third kappa shape index (κ3) is 4.78. The van der Waals surface area contributed by atoms with Gasteiger partial charge in [-0.05, 0) is 37.6 Å². The number of imidazole rings is 1. The maximum Gasteiger partial charge on any atom is 0.221 e. The zero-order valence-corrected chi connectivity index (χ0v) is 14.6. The van der Waals surface area contributed by atoms with Gasteiger partial charge >= 0.3 is 0 Å². The number of aryl methyl sites for hydroxylation is 1. The van der Waals surface area contributed by atoms with E-state index in [1.807, 2.05) is 0 Å². The van der Waals surface area contributed by atoms with Gasteiger partial charge in [0.25, 0.3) is 0 Å². The summed E-state index contributed by atoms with van der Waals surface area (Å²) >= 11 is 0. The number of nitrogens with one attached hydrogen (secondary N) is 2. The van der Waals surface area contributed by atoms with E-state index in [1.165, 1.54) is 12.1 Å². The maximum absolute atomic E-state index is 13.2. The van der Waals surface area contributed by atoms with Gasteiger partial charge in [0.15, 0.2) is 0 Å².